The highest BCUT2D eigenvalue weighted by Gasteiger charge is 2.52. The minimum absolute atomic E-state index is 0.0757. The van der Waals surface area contributed by atoms with Crippen LogP contribution in [-0.4, -0.2) is 123 Å². The third kappa shape index (κ3) is 9.49. The summed E-state index contributed by atoms with van der Waals surface area (Å²) in [5.41, 5.74) is 3.91. The van der Waals surface area contributed by atoms with Crippen molar-refractivity contribution in [2.75, 3.05) is 81.1 Å². The highest BCUT2D eigenvalue weighted by Crippen LogP contribution is 2.42. The van der Waals surface area contributed by atoms with Crippen molar-refractivity contribution in [3.05, 3.63) is 103 Å². The average molecular weight is 939 g/mol. The smallest absolute Gasteiger partial charge is 0.399 e. The number of hydrogen-bond donors (Lipinski definition) is 4. The Balaban J connectivity index is 0.000000132. The van der Waals surface area contributed by atoms with Crippen LogP contribution in [0.2, 0.25) is 5.15 Å². The molecule has 2 atom stereocenters. The summed E-state index contributed by atoms with van der Waals surface area (Å²) >= 11 is 6.01. The van der Waals surface area contributed by atoms with Crippen LogP contribution in [0.4, 0.5) is 55.9 Å². The fourth-order valence-corrected chi connectivity index (χ4v) is 8.66. The molecule has 350 valence electrons. The third-order valence-electron chi connectivity index (χ3n) is 12.8. The standard InChI is InChI=1S/C20H20N8O.C14H13ClN6O.C12H19BN2O2/c1-21-17-5-2-13(10-24-17)15-3-4-16-19(25-15)28(14-6-9-27(16)12-14)20(29)26-18-11-22-7-8-23-18;15-11-2-1-10-13(18-11)21(9-3-6-20(10)8-9)14(22)19-12-7-16-4-5-17-12;1-11(2)12(3,4)17-13(16-11)9-6-7-10(14-5)15-8-9/h2-5,7-8,10-11,14H,6,9,12H2,1H3,(H,21,24)(H,23,26,29);1-2,4-5,7,9H,3,6,8H2,(H,17,19,22);6-8H,1-5H3,(H,14,15)/t14-;9-;/m00./s1. The largest absolute Gasteiger partial charge is 0.496 e. The first-order chi connectivity index (χ1) is 32.8. The summed E-state index contributed by atoms with van der Waals surface area (Å²) in [6.45, 7) is 11.6. The van der Waals surface area contributed by atoms with Gasteiger partial charge < -0.3 is 29.7 Å². The van der Waals surface area contributed by atoms with Gasteiger partial charge in [-0.25, -0.2) is 39.5 Å². The maximum absolute atomic E-state index is 13.1. The molecule has 4 amide bonds. The van der Waals surface area contributed by atoms with Gasteiger partial charge in [-0.05, 0) is 83.0 Å². The van der Waals surface area contributed by atoms with E-state index in [2.05, 4.69) is 66.0 Å². The maximum atomic E-state index is 13.1. The van der Waals surface area contributed by atoms with E-state index in [1.165, 1.54) is 18.6 Å². The first-order valence-electron chi connectivity index (χ1n) is 22.3. The Labute approximate surface area is 399 Å². The van der Waals surface area contributed by atoms with Crippen molar-refractivity contribution in [1.29, 1.82) is 0 Å². The van der Waals surface area contributed by atoms with Gasteiger partial charge in [-0.3, -0.25) is 30.4 Å². The summed E-state index contributed by atoms with van der Waals surface area (Å²) in [6, 6.07) is 15.1. The molecule has 4 bridgehead atoms. The Hall–Kier alpha value is -7.23. The van der Waals surface area contributed by atoms with E-state index < -0.39 is 0 Å². The molecule has 3 saturated heterocycles. The van der Waals surface area contributed by atoms with E-state index in [9.17, 15) is 9.59 Å². The summed E-state index contributed by atoms with van der Waals surface area (Å²) in [4.78, 5) is 67.8. The second kappa shape index (κ2) is 19.2. The normalized spacial score (nSPS) is 18.8. The second-order valence-electron chi connectivity index (χ2n) is 17.6. The minimum Gasteiger partial charge on any atom is -0.399 e. The molecule has 6 aromatic heterocycles. The molecule has 4 N–H and O–H groups in total. The zero-order valence-electron chi connectivity index (χ0n) is 38.6. The quantitative estimate of drug-likeness (QED) is 0.108. The summed E-state index contributed by atoms with van der Waals surface area (Å²) < 4.78 is 11.9. The molecular formula is C46H52BClN16O4. The summed E-state index contributed by atoms with van der Waals surface area (Å²) in [5, 5.41) is 12.0. The average Bonchev–Trinajstić information content (AvgIpc) is 4.03. The topological polar surface area (TPSA) is 217 Å². The number of fused-ring (bicyclic) bond motifs is 8. The Morgan fingerprint density at radius 3 is 1.65 bits per heavy atom. The predicted molar refractivity (Wildman–Crippen MR) is 264 cm³/mol. The van der Waals surface area contributed by atoms with Crippen LogP contribution in [-0.2, 0) is 9.31 Å². The summed E-state index contributed by atoms with van der Waals surface area (Å²) in [6.07, 6.45) is 14.6. The van der Waals surface area contributed by atoms with Gasteiger partial charge in [-0.2, -0.15) is 0 Å². The van der Waals surface area contributed by atoms with Gasteiger partial charge in [0.2, 0.25) is 0 Å². The fraction of sp³-hybridized carbons (Fsp3) is 0.348. The number of hydrogen-bond acceptors (Lipinski definition) is 16. The number of pyridine rings is 4. The second-order valence-corrected chi connectivity index (χ2v) is 18.0. The van der Waals surface area contributed by atoms with Crippen LogP contribution in [0.25, 0.3) is 11.3 Å². The number of nitrogens with one attached hydrogen (secondary N) is 4. The molecule has 0 aliphatic carbocycles. The molecule has 20 nitrogen and oxygen atoms in total. The Morgan fingerprint density at radius 1 is 0.632 bits per heavy atom. The van der Waals surface area contributed by atoms with Gasteiger partial charge in [0.25, 0.3) is 0 Å². The van der Waals surface area contributed by atoms with E-state index in [4.69, 9.17) is 25.9 Å². The van der Waals surface area contributed by atoms with E-state index >= 15 is 0 Å². The summed E-state index contributed by atoms with van der Waals surface area (Å²) in [5.74, 6) is 3.73. The third-order valence-corrected chi connectivity index (χ3v) is 13.0. The molecule has 0 spiro atoms. The summed E-state index contributed by atoms with van der Waals surface area (Å²) in [7, 11) is 3.34. The van der Waals surface area contributed by atoms with Crippen LogP contribution in [0, 0.1) is 0 Å². The van der Waals surface area contributed by atoms with E-state index in [1.807, 2.05) is 84.3 Å². The van der Waals surface area contributed by atoms with Gasteiger partial charge in [0.05, 0.1) is 52.7 Å². The van der Waals surface area contributed by atoms with Crippen molar-refractivity contribution in [1.82, 2.24) is 39.9 Å². The first kappa shape index (κ1) is 45.9. The van der Waals surface area contributed by atoms with E-state index in [0.29, 0.717) is 28.4 Å². The number of halogens is 1. The zero-order valence-corrected chi connectivity index (χ0v) is 39.3. The van der Waals surface area contributed by atoms with Gasteiger partial charge in [0.15, 0.2) is 23.3 Å². The minimum atomic E-state index is -0.335. The number of carbonyl (C=O) groups excluding carboxylic acids is 2. The number of urea groups is 2. The number of rotatable bonds is 6. The molecule has 0 radical (unpaired) electrons. The first-order valence-corrected chi connectivity index (χ1v) is 22.7. The van der Waals surface area contributed by atoms with Crippen LogP contribution in [0.5, 0.6) is 0 Å². The molecule has 22 heteroatoms. The fourth-order valence-electron chi connectivity index (χ4n) is 8.51. The Kier molecular flexibility index (Phi) is 12.9. The lowest BCUT2D eigenvalue weighted by molar-refractivity contribution is 0.00578. The van der Waals surface area contributed by atoms with E-state index in [-0.39, 0.29) is 42.5 Å². The number of anilines is 8. The van der Waals surface area contributed by atoms with Crippen LogP contribution < -0.4 is 46.3 Å². The molecule has 5 aliphatic rings. The van der Waals surface area contributed by atoms with Gasteiger partial charge >= 0.3 is 19.2 Å². The van der Waals surface area contributed by atoms with Gasteiger partial charge in [0.1, 0.15) is 16.8 Å². The lowest BCUT2D eigenvalue weighted by atomic mass is 9.80. The van der Waals surface area contributed by atoms with Crippen molar-refractivity contribution in [2.45, 2.75) is 63.8 Å². The number of carbonyl (C=O) groups is 2. The maximum Gasteiger partial charge on any atom is 0.496 e. The van der Waals surface area contributed by atoms with E-state index in [0.717, 1.165) is 78.8 Å². The lowest BCUT2D eigenvalue weighted by Crippen LogP contribution is -2.48. The highest BCUT2D eigenvalue weighted by molar-refractivity contribution is 6.62. The van der Waals surface area contributed by atoms with Crippen LogP contribution in [0.15, 0.2) is 98.1 Å². The molecule has 0 saturated carbocycles. The van der Waals surface area contributed by atoms with Crippen molar-refractivity contribution in [3.8, 4) is 11.3 Å². The lowest BCUT2D eigenvalue weighted by Gasteiger charge is -2.35. The molecule has 11 rings (SSSR count). The molecule has 6 aromatic rings. The SMILES string of the molecule is CNc1ccc(-c2ccc3c(n2)N(C(=O)Nc2cnccn2)[C@H]2CCN3C2)cn1.CNc1ccc(B2OC(C)(C)C(C)(C)O2)cn1.O=C(Nc1cnccn1)N1c2nc(Cl)ccc2N2CC[C@H]1C2. The van der Waals surface area contributed by atoms with Crippen LogP contribution >= 0.6 is 11.6 Å². The van der Waals surface area contributed by atoms with Crippen molar-refractivity contribution in [3.63, 3.8) is 0 Å². The molecule has 11 heterocycles. The Morgan fingerprint density at radius 2 is 1.16 bits per heavy atom. The van der Waals surface area contributed by atoms with Crippen molar-refractivity contribution in [2.24, 2.45) is 0 Å². The van der Waals surface area contributed by atoms with Crippen molar-refractivity contribution >= 4 is 82.5 Å². The van der Waals surface area contributed by atoms with Crippen LogP contribution in [0.1, 0.15) is 40.5 Å². The zero-order chi connectivity index (χ0) is 47.6. The number of amides is 4. The van der Waals surface area contributed by atoms with Gasteiger partial charge in [0, 0.05) is 88.5 Å². The molecule has 0 aromatic carbocycles. The Bertz CT molecular complexity index is 2730. The van der Waals surface area contributed by atoms with E-state index in [1.54, 1.807) is 46.9 Å². The molecular weight excluding hydrogens is 887 g/mol. The number of aromatic nitrogens is 8. The molecule has 68 heavy (non-hydrogen) atoms. The van der Waals surface area contributed by atoms with Gasteiger partial charge in [-0.1, -0.05) is 17.7 Å². The monoisotopic (exact) mass is 938 g/mol. The highest BCUT2D eigenvalue weighted by atomic mass is 35.5. The molecule has 0 unspecified atom stereocenters. The van der Waals surface area contributed by atoms with Crippen LogP contribution in [0.3, 0.4) is 0 Å². The predicted octanol–water partition coefficient (Wildman–Crippen LogP) is 6.18. The molecule has 5 aliphatic heterocycles. The number of nitrogens with zero attached hydrogens (tertiary/aromatic N) is 12. The van der Waals surface area contributed by atoms with Crippen molar-refractivity contribution < 1.29 is 18.9 Å². The van der Waals surface area contributed by atoms with Gasteiger partial charge in [-0.15, -0.1) is 0 Å². The molecule has 3 fully saturated rings.